The Morgan fingerprint density at radius 2 is 1.96 bits per heavy atom. The van der Waals surface area contributed by atoms with Crippen molar-refractivity contribution in [3.05, 3.63) is 65.2 Å². The minimum Gasteiger partial charge on any atom is -0.448 e. The van der Waals surface area contributed by atoms with Gasteiger partial charge in [-0.15, -0.1) is 0 Å². The zero-order chi connectivity index (χ0) is 17.9. The maximum absolute atomic E-state index is 12.3. The van der Waals surface area contributed by atoms with Crippen molar-refractivity contribution in [1.82, 2.24) is 10.2 Å². The second-order valence-corrected chi connectivity index (χ2v) is 6.62. The fourth-order valence-electron chi connectivity index (χ4n) is 3.52. The summed E-state index contributed by atoms with van der Waals surface area (Å²) in [6.45, 7) is 1.58. The monoisotopic (exact) mass is 351 g/mol. The number of fused-ring (bicyclic) bond motifs is 1. The molecule has 4 rings (SSSR count). The van der Waals surface area contributed by atoms with Gasteiger partial charge in [-0.1, -0.05) is 36.4 Å². The van der Waals surface area contributed by atoms with Crippen LogP contribution in [0.2, 0.25) is 0 Å². The summed E-state index contributed by atoms with van der Waals surface area (Å²) in [6.07, 6.45) is 1.65. The molecule has 0 saturated carbocycles. The number of cyclic esters (lactones) is 1. The molecule has 2 aromatic rings. The molecule has 3 amide bonds. The Kier molecular flexibility index (Phi) is 4.48. The van der Waals surface area contributed by atoms with Crippen LogP contribution in [0.5, 0.6) is 0 Å². The van der Waals surface area contributed by atoms with Gasteiger partial charge in [0.25, 0.3) is 0 Å². The zero-order valence-corrected chi connectivity index (χ0v) is 14.4. The molecule has 1 fully saturated rings. The highest BCUT2D eigenvalue weighted by atomic mass is 16.6. The first-order valence-corrected chi connectivity index (χ1v) is 8.85. The molecule has 1 heterocycles. The summed E-state index contributed by atoms with van der Waals surface area (Å²) in [5, 5.41) is 5.92. The lowest BCUT2D eigenvalue weighted by Gasteiger charge is -2.16. The SMILES string of the molecule is O=C(Nc1ccc(CN2CCOC2=O)cc1)NC1CCc2ccccc21. The molecule has 0 radical (unpaired) electrons. The normalized spacial score (nSPS) is 18.4. The second kappa shape index (κ2) is 7.07. The average molecular weight is 351 g/mol. The van der Waals surface area contributed by atoms with Gasteiger partial charge in [0.15, 0.2) is 0 Å². The molecular weight excluding hydrogens is 330 g/mol. The molecule has 0 bridgehead atoms. The van der Waals surface area contributed by atoms with E-state index in [4.69, 9.17) is 4.74 Å². The largest absolute Gasteiger partial charge is 0.448 e. The molecule has 1 unspecified atom stereocenters. The Hall–Kier alpha value is -3.02. The fourth-order valence-corrected chi connectivity index (χ4v) is 3.52. The average Bonchev–Trinajstić information content (AvgIpc) is 3.23. The smallest absolute Gasteiger partial charge is 0.410 e. The minimum atomic E-state index is -0.275. The summed E-state index contributed by atoms with van der Waals surface area (Å²) >= 11 is 0. The van der Waals surface area contributed by atoms with Crippen LogP contribution in [0.25, 0.3) is 0 Å². The van der Waals surface area contributed by atoms with Crippen LogP contribution in [0.3, 0.4) is 0 Å². The number of ether oxygens (including phenoxy) is 1. The van der Waals surface area contributed by atoms with Gasteiger partial charge in [0.05, 0.1) is 12.6 Å². The maximum Gasteiger partial charge on any atom is 0.410 e. The predicted octanol–water partition coefficient (Wildman–Crippen LogP) is 3.45. The van der Waals surface area contributed by atoms with Crippen LogP contribution in [0.1, 0.15) is 29.2 Å². The van der Waals surface area contributed by atoms with Crippen LogP contribution in [0, 0.1) is 0 Å². The third-order valence-electron chi connectivity index (χ3n) is 4.87. The lowest BCUT2D eigenvalue weighted by molar-refractivity contribution is 0.157. The van der Waals surface area contributed by atoms with Gasteiger partial charge in [0.1, 0.15) is 6.61 Å². The van der Waals surface area contributed by atoms with Crippen molar-refractivity contribution in [1.29, 1.82) is 0 Å². The van der Waals surface area contributed by atoms with E-state index in [1.807, 2.05) is 36.4 Å². The third kappa shape index (κ3) is 3.49. The Bertz CT molecular complexity index is 819. The van der Waals surface area contributed by atoms with Gasteiger partial charge in [0.2, 0.25) is 0 Å². The molecule has 1 aliphatic heterocycles. The van der Waals surface area contributed by atoms with E-state index in [9.17, 15) is 9.59 Å². The standard InChI is InChI=1S/C20H21N3O3/c24-19(22-18-10-7-15-3-1-2-4-17(15)18)21-16-8-5-14(6-9-16)13-23-11-12-26-20(23)25/h1-6,8-9,18H,7,10-13H2,(H2,21,22,24). The van der Waals surface area contributed by atoms with Crippen LogP contribution in [-0.2, 0) is 17.7 Å². The van der Waals surface area contributed by atoms with E-state index in [1.54, 1.807) is 4.90 Å². The Morgan fingerprint density at radius 1 is 1.15 bits per heavy atom. The summed E-state index contributed by atoms with van der Waals surface area (Å²) in [5.41, 5.74) is 4.24. The van der Waals surface area contributed by atoms with Crippen LogP contribution in [-0.4, -0.2) is 30.2 Å². The van der Waals surface area contributed by atoms with Crippen LogP contribution >= 0.6 is 0 Å². The number of urea groups is 1. The minimum absolute atomic E-state index is 0.0617. The zero-order valence-electron chi connectivity index (χ0n) is 14.4. The summed E-state index contributed by atoms with van der Waals surface area (Å²) in [4.78, 5) is 25.4. The van der Waals surface area contributed by atoms with E-state index in [-0.39, 0.29) is 18.2 Å². The number of rotatable bonds is 4. The molecule has 6 nitrogen and oxygen atoms in total. The predicted molar refractivity (Wildman–Crippen MR) is 97.9 cm³/mol. The molecule has 2 aromatic carbocycles. The second-order valence-electron chi connectivity index (χ2n) is 6.62. The number of nitrogens with one attached hydrogen (secondary N) is 2. The van der Waals surface area contributed by atoms with Gasteiger partial charge in [-0.25, -0.2) is 9.59 Å². The number of aryl methyl sites for hydroxylation is 1. The number of carbonyl (C=O) groups is 2. The molecule has 2 N–H and O–H groups in total. The van der Waals surface area contributed by atoms with E-state index in [1.165, 1.54) is 11.1 Å². The number of amides is 3. The van der Waals surface area contributed by atoms with Crippen molar-refractivity contribution >= 4 is 17.8 Å². The summed E-state index contributed by atoms with van der Waals surface area (Å²) in [6, 6.07) is 15.6. The van der Waals surface area contributed by atoms with Crippen molar-refractivity contribution in [2.24, 2.45) is 0 Å². The van der Waals surface area contributed by atoms with E-state index in [0.29, 0.717) is 19.7 Å². The van der Waals surface area contributed by atoms with Crippen LogP contribution in [0.15, 0.2) is 48.5 Å². The molecule has 26 heavy (non-hydrogen) atoms. The first kappa shape index (κ1) is 16.4. The molecule has 134 valence electrons. The summed E-state index contributed by atoms with van der Waals surface area (Å²) in [5.74, 6) is 0. The molecule has 1 saturated heterocycles. The van der Waals surface area contributed by atoms with Crippen LogP contribution < -0.4 is 10.6 Å². The highest BCUT2D eigenvalue weighted by Gasteiger charge is 2.23. The molecule has 1 atom stereocenters. The number of carbonyl (C=O) groups excluding carboxylic acids is 2. The van der Waals surface area contributed by atoms with Crippen molar-refractivity contribution in [3.8, 4) is 0 Å². The van der Waals surface area contributed by atoms with E-state index < -0.39 is 0 Å². The Balaban J connectivity index is 1.33. The third-order valence-corrected chi connectivity index (χ3v) is 4.87. The number of hydrogen-bond acceptors (Lipinski definition) is 3. The molecule has 0 spiro atoms. The number of benzene rings is 2. The summed E-state index contributed by atoms with van der Waals surface area (Å²) < 4.78 is 4.92. The van der Waals surface area contributed by atoms with Gasteiger partial charge in [-0.3, -0.25) is 0 Å². The Labute approximate surface area is 152 Å². The first-order chi connectivity index (χ1) is 12.7. The fraction of sp³-hybridized carbons (Fsp3) is 0.300. The van der Waals surface area contributed by atoms with E-state index in [2.05, 4.69) is 22.8 Å². The Morgan fingerprint density at radius 3 is 2.73 bits per heavy atom. The van der Waals surface area contributed by atoms with Crippen molar-refractivity contribution in [2.75, 3.05) is 18.5 Å². The number of hydrogen-bond donors (Lipinski definition) is 2. The van der Waals surface area contributed by atoms with Gasteiger partial charge in [0, 0.05) is 12.2 Å². The van der Waals surface area contributed by atoms with E-state index >= 15 is 0 Å². The number of nitrogens with zero attached hydrogens (tertiary/aromatic N) is 1. The van der Waals surface area contributed by atoms with Crippen molar-refractivity contribution < 1.29 is 14.3 Å². The maximum atomic E-state index is 12.3. The number of anilines is 1. The van der Waals surface area contributed by atoms with Crippen molar-refractivity contribution in [2.45, 2.75) is 25.4 Å². The highest BCUT2D eigenvalue weighted by molar-refractivity contribution is 5.89. The topological polar surface area (TPSA) is 70.7 Å². The van der Waals surface area contributed by atoms with E-state index in [0.717, 1.165) is 24.1 Å². The van der Waals surface area contributed by atoms with Gasteiger partial charge >= 0.3 is 12.1 Å². The lowest BCUT2D eigenvalue weighted by atomic mass is 10.1. The van der Waals surface area contributed by atoms with Gasteiger partial charge in [-0.05, 0) is 41.7 Å². The molecule has 6 heteroatoms. The van der Waals surface area contributed by atoms with Crippen molar-refractivity contribution in [3.63, 3.8) is 0 Å². The first-order valence-electron chi connectivity index (χ1n) is 8.85. The van der Waals surface area contributed by atoms with Crippen LogP contribution in [0.4, 0.5) is 15.3 Å². The molecular formula is C20H21N3O3. The molecule has 2 aliphatic rings. The lowest BCUT2D eigenvalue weighted by Crippen LogP contribution is -2.31. The highest BCUT2D eigenvalue weighted by Crippen LogP contribution is 2.30. The summed E-state index contributed by atoms with van der Waals surface area (Å²) in [7, 11) is 0. The van der Waals surface area contributed by atoms with Gasteiger partial charge < -0.3 is 20.3 Å². The molecule has 1 aliphatic carbocycles. The quantitative estimate of drug-likeness (QED) is 0.886. The molecule has 0 aromatic heterocycles. The van der Waals surface area contributed by atoms with Gasteiger partial charge in [-0.2, -0.15) is 0 Å².